The van der Waals surface area contributed by atoms with Crippen LogP contribution in [0.3, 0.4) is 0 Å². The fourth-order valence-corrected chi connectivity index (χ4v) is 2.26. The van der Waals surface area contributed by atoms with E-state index in [1.54, 1.807) is 6.21 Å². The number of ether oxygens (including phenoxy) is 2. The summed E-state index contributed by atoms with van der Waals surface area (Å²) in [4.78, 5) is 5.01. The molecular weight excluding hydrogens is 341 g/mol. The van der Waals surface area contributed by atoms with Crippen LogP contribution >= 0.6 is 23.2 Å². The van der Waals surface area contributed by atoms with Gasteiger partial charge in [-0.15, -0.1) is 0 Å². The molecule has 5 nitrogen and oxygen atoms in total. The summed E-state index contributed by atoms with van der Waals surface area (Å²) in [7, 11) is 0. The summed E-state index contributed by atoms with van der Waals surface area (Å²) in [5, 5.41) is 13.7. The quantitative estimate of drug-likeness (QED) is 0.352. The van der Waals surface area contributed by atoms with Crippen molar-refractivity contribution in [3.63, 3.8) is 0 Å². The SMILES string of the molecule is CC(C)O/N=C/COCCCCCOc1c(Cl)cc(O)cc1Cl. The van der Waals surface area contributed by atoms with Crippen LogP contribution in [0.15, 0.2) is 17.3 Å². The van der Waals surface area contributed by atoms with E-state index < -0.39 is 0 Å². The Balaban J connectivity index is 2.05. The molecule has 23 heavy (non-hydrogen) atoms. The van der Waals surface area contributed by atoms with Gasteiger partial charge < -0.3 is 19.4 Å². The molecular formula is C16H23Cl2NO4. The number of halogens is 2. The second kappa shape index (κ2) is 11.4. The number of nitrogens with zero attached hydrogens (tertiary/aromatic N) is 1. The summed E-state index contributed by atoms with van der Waals surface area (Å²) in [6.45, 7) is 5.45. The van der Waals surface area contributed by atoms with Crippen LogP contribution < -0.4 is 4.74 Å². The highest BCUT2D eigenvalue weighted by atomic mass is 35.5. The van der Waals surface area contributed by atoms with Crippen molar-refractivity contribution in [2.75, 3.05) is 19.8 Å². The summed E-state index contributed by atoms with van der Waals surface area (Å²) < 4.78 is 10.9. The van der Waals surface area contributed by atoms with Gasteiger partial charge in [-0.2, -0.15) is 0 Å². The third-order valence-corrected chi connectivity index (χ3v) is 3.26. The minimum atomic E-state index is 0.0202. The van der Waals surface area contributed by atoms with Crippen LogP contribution in [0.25, 0.3) is 0 Å². The minimum Gasteiger partial charge on any atom is -0.508 e. The van der Waals surface area contributed by atoms with Gasteiger partial charge in [0.25, 0.3) is 0 Å². The molecule has 0 atom stereocenters. The van der Waals surface area contributed by atoms with Crippen LogP contribution in [0.5, 0.6) is 11.5 Å². The summed E-state index contributed by atoms with van der Waals surface area (Å²) in [6.07, 6.45) is 4.45. The lowest BCUT2D eigenvalue weighted by Gasteiger charge is -2.10. The Bertz CT molecular complexity index is 472. The summed E-state index contributed by atoms with van der Waals surface area (Å²) in [5.41, 5.74) is 0. The average molecular weight is 364 g/mol. The molecule has 0 radical (unpaired) electrons. The van der Waals surface area contributed by atoms with Gasteiger partial charge in [0, 0.05) is 18.7 Å². The molecule has 1 aromatic carbocycles. The zero-order valence-electron chi connectivity index (χ0n) is 13.4. The molecule has 0 heterocycles. The molecule has 130 valence electrons. The number of phenolic OH excluding ortho intramolecular Hbond substituents is 1. The van der Waals surface area contributed by atoms with Crippen molar-refractivity contribution >= 4 is 29.4 Å². The van der Waals surface area contributed by atoms with Crippen LogP contribution in [-0.4, -0.2) is 37.2 Å². The largest absolute Gasteiger partial charge is 0.508 e. The molecule has 0 unspecified atom stereocenters. The third-order valence-electron chi connectivity index (χ3n) is 2.70. The Morgan fingerprint density at radius 1 is 1.13 bits per heavy atom. The van der Waals surface area contributed by atoms with Crippen LogP contribution in [0.2, 0.25) is 10.0 Å². The Morgan fingerprint density at radius 3 is 2.43 bits per heavy atom. The van der Waals surface area contributed by atoms with Gasteiger partial charge in [-0.1, -0.05) is 28.4 Å². The maximum atomic E-state index is 9.34. The van der Waals surface area contributed by atoms with E-state index in [9.17, 15) is 5.11 Å². The van der Waals surface area contributed by atoms with E-state index in [4.69, 9.17) is 37.5 Å². The number of benzene rings is 1. The topological polar surface area (TPSA) is 60.3 Å². The molecule has 0 aliphatic heterocycles. The van der Waals surface area contributed by atoms with Gasteiger partial charge in [0.2, 0.25) is 0 Å². The molecule has 1 N–H and O–H groups in total. The number of oxime groups is 1. The first kappa shape index (κ1) is 19.9. The molecule has 0 aliphatic carbocycles. The minimum absolute atomic E-state index is 0.0202. The lowest BCUT2D eigenvalue weighted by atomic mass is 10.2. The fraction of sp³-hybridized carbons (Fsp3) is 0.562. The lowest BCUT2D eigenvalue weighted by molar-refractivity contribution is 0.0840. The Morgan fingerprint density at radius 2 is 1.78 bits per heavy atom. The van der Waals surface area contributed by atoms with Crippen molar-refractivity contribution in [1.29, 1.82) is 0 Å². The van der Waals surface area contributed by atoms with Crippen molar-refractivity contribution in [3.05, 3.63) is 22.2 Å². The molecule has 0 aromatic heterocycles. The van der Waals surface area contributed by atoms with Crippen LogP contribution in [-0.2, 0) is 9.57 Å². The Labute approximate surface area is 147 Å². The highest BCUT2D eigenvalue weighted by Crippen LogP contribution is 2.36. The lowest BCUT2D eigenvalue weighted by Crippen LogP contribution is -2.02. The van der Waals surface area contributed by atoms with Crippen LogP contribution in [0.4, 0.5) is 0 Å². The Kier molecular flexibility index (Phi) is 9.83. The molecule has 0 aliphatic rings. The van der Waals surface area contributed by atoms with Crippen LogP contribution in [0, 0.1) is 0 Å². The summed E-state index contributed by atoms with van der Waals surface area (Å²) in [6, 6.07) is 2.81. The van der Waals surface area contributed by atoms with E-state index in [1.165, 1.54) is 12.1 Å². The number of hydrogen-bond donors (Lipinski definition) is 1. The predicted octanol–water partition coefficient (Wildman–Crippen LogP) is 4.68. The van der Waals surface area contributed by atoms with E-state index in [2.05, 4.69) is 5.16 Å². The molecule has 0 saturated carbocycles. The van der Waals surface area contributed by atoms with Gasteiger partial charge in [0.05, 0.1) is 29.5 Å². The average Bonchev–Trinajstić information content (AvgIpc) is 2.46. The maximum Gasteiger partial charge on any atom is 0.156 e. The number of unbranched alkanes of at least 4 members (excludes halogenated alkanes) is 2. The van der Waals surface area contributed by atoms with Crippen molar-refractivity contribution in [3.8, 4) is 11.5 Å². The van der Waals surface area contributed by atoms with E-state index >= 15 is 0 Å². The predicted molar refractivity (Wildman–Crippen MR) is 93.0 cm³/mol. The molecule has 0 saturated heterocycles. The van der Waals surface area contributed by atoms with E-state index in [0.29, 0.717) is 35.6 Å². The molecule has 1 rings (SSSR count). The summed E-state index contributed by atoms with van der Waals surface area (Å²) in [5.74, 6) is 0.426. The highest BCUT2D eigenvalue weighted by Gasteiger charge is 2.09. The number of hydrogen-bond acceptors (Lipinski definition) is 5. The van der Waals surface area contributed by atoms with E-state index in [-0.39, 0.29) is 11.9 Å². The normalized spacial score (nSPS) is 11.3. The van der Waals surface area contributed by atoms with Crippen molar-refractivity contribution in [2.45, 2.75) is 39.2 Å². The number of phenols is 1. The maximum absolute atomic E-state index is 9.34. The molecule has 7 heteroatoms. The van der Waals surface area contributed by atoms with Crippen molar-refractivity contribution in [1.82, 2.24) is 0 Å². The molecule has 1 aromatic rings. The zero-order valence-corrected chi connectivity index (χ0v) is 14.9. The van der Waals surface area contributed by atoms with Crippen molar-refractivity contribution < 1.29 is 19.4 Å². The standard InChI is InChI=1S/C16H23Cl2NO4/c1-12(2)23-19-6-9-21-7-4-3-5-8-22-16-14(17)10-13(20)11-15(16)18/h6,10-12,20H,3-5,7-9H2,1-2H3/b19-6+. The number of aromatic hydroxyl groups is 1. The third kappa shape index (κ3) is 8.89. The fourth-order valence-electron chi connectivity index (χ4n) is 1.67. The molecule has 0 amide bonds. The van der Waals surface area contributed by atoms with Gasteiger partial charge in [0.15, 0.2) is 5.75 Å². The second-order valence-corrected chi connectivity index (χ2v) is 5.98. The number of rotatable bonds is 11. The summed E-state index contributed by atoms with van der Waals surface area (Å²) >= 11 is 11.9. The molecule has 0 spiro atoms. The first-order valence-electron chi connectivity index (χ1n) is 7.57. The highest BCUT2D eigenvalue weighted by molar-refractivity contribution is 6.37. The molecule has 0 fully saturated rings. The first-order chi connectivity index (χ1) is 11.0. The van der Waals surface area contributed by atoms with E-state index in [1.807, 2.05) is 13.8 Å². The van der Waals surface area contributed by atoms with Gasteiger partial charge in [-0.3, -0.25) is 0 Å². The first-order valence-corrected chi connectivity index (χ1v) is 8.32. The van der Waals surface area contributed by atoms with E-state index in [0.717, 1.165) is 19.3 Å². The van der Waals surface area contributed by atoms with Crippen LogP contribution in [0.1, 0.15) is 33.1 Å². The van der Waals surface area contributed by atoms with Gasteiger partial charge >= 0.3 is 0 Å². The Hall–Kier alpha value is -1.17. The molecule has 0 bridgehead atoms. The smallest absolute Gasteiger partial charge is 0.156 e. The van der Waals surface area contributed by atoms with Gasteiger partial charge in [-0.05, 0) is 33.1 Å². The monoisotopic (exact) mass is 363 g/mol. The van der Waals surface area contributed by atoms with Crippen molar-refractivity contribution in [2.24, 2.45) is 5.16 Å². The van der Waals surface area contributed by atoms with Gasteiger partial charge in [-0.25, -0.2) is 0 Å². The van der Waals surface area contributed by atoms with Gasteiger partial charge in [0.1, 0.15) is 11.9 Å². The second-order valence-electron chi connectivity index (χ2n) is 5.16. The zero-order chi connectivity index (χ0) is 17.1.